The smallest absolute Gasteiger partial charge is 0.251 e. The molecule has 2 aliphatic heterocycles. The predicted molar refractivity (Wildman–Crippen MR) is 149 cm³/mol. The monoisotopic (exact) mass is 523 g/mol. The van der Waals surface area contributed by atoms with Crippen LogP contribution in [0.4, 0.5) is 16.0 Å². The van der Waals surface area contributed by atoms with E-state index in [-0.39, 0.29) is 24.3 Å². The van der Waals surface area contributed by atoms with Crippen LogP contribution in [0.25, 0.3) is 5.70 Å². The first-order valence-electron chi connectivity index (χ1n) is 13.2. The van der Waals surface area contributed by atoms with Crippen molar-refractivity contribution in [2.24, 2.45) is 0 Å². The fourth-order valence-electron chi connectivity index (χ4n) is 5.20. The Morgan fingerprint density at radius 1 is 0.872 bits per heavy atom. The first kappa shape index (κ1) is 24.8. The van der Waals surface area contributed by atoms with Gasteiger partial charge in [0, 0.05) is 31.9 Å². The van der Waals surface area contributed by atoms with Crippen molar-refractivity contribution in [2.45, 2.75) is 19.9 Å². The lowest BCUT2D eigenvalue weighted by Crippen LogP contribution is -2.51. The number of piperazine rings is 1. The number of fused-ring (bicyclic) bond motifs is 1. The van der Waals surface area contributed by atoms with Gasteiger partial charge in [0.1, 0.15) is 18.4 Å². The van der Waals surface area contributed by atoms with Crippen LogP contribution in [0.1, 0.15) is 28.3 Å². The molecule has 39 heavy (non-hydrogen) atoms. The number of amides is 1. The fourth-order valence-corrected chi connectivity index (χ4v) is 5.20. The number of carbonyl (C=O) groups excluding carboxylic acids is 1. The van der Waals surface area contributed by atoms with Crippen molar-refractivity contribution in [3.63, 3.8) is 0 Å². The maximum absolute atomic E-state index is 13.6. The van der Waals surface area contributed by atoms with Crippen molar-refractivity contribution in [2.75, 3.05) is 42.5 Å². The van der Waals surface area contributed by atoms with Gasteiger partial charge in [0.25, 0.3) is 5.95 Å². The Hall–Kier alpha value is -4.53. The van der Waals surface area contributed by atoms with E-state index in [4.69, 9.17) is 0 Å². The predicted octanol–water partition coefficient (Wildman–Crippen LogP) is 4.23. The molecule has 1 atom stereocenters. The van der Waals surface area contributed by atoms with Crippen molar-refractivity contribution in [1.82, 2.24) is 25.1 Å². The van der Waals surface area contributed by atoms with Gasteiger partial charge in [0.05, 0.1) is 5.70 Å². The average molecular weight is 524 g/mol. The molecular weight excluding hydrogens is 493 g/mol. The van der Waals surface area contributed by atoms with E-state index < -0.39 is 0 Å². The number of tetrazole rings is 1. The molecule has 1 saturated heterocycles. The highest BCUT2D eigenvalue weighted by Crippen LogP contribution is 2.36. The minimum Gasteiger partial charge on any atom is -0.368 e. The van der Waals surface area contributed by atoms with E-state index in [2.05, 4.69) is 88.9 Å². The molecule has 3 aromatic carbocycles. The Bertz CT molecular complexity index is 1490. The second-order valence-electron chi connectivity index (χ2n) is 10.1. The summed E-state index contributed by atoms with van der Waals surface area (Å²) in [7, 11) is 0. The van der Waals surface area contributed by atoms with Crippen LogP contribution in [0.15, 0.2) is 78.9 Å². The van der Waals surface area contributed by atoms with Crippen LogP contribution < -0.4 is 9.80 Å². The molecule has 0 radical (unpaired) electrons. The third kappa shape index (κ3) is 4.99. The Labute approximate surface area is 227 Å². The summed E-state index contributed by atoms with van der Waals surface area (Å²) < 4.78 is 15.1. The summed E-state index contributed by atoms with van der Waals surface area (Å²) in [5.41, 5.74) is 6.28. The molecule has 0 N–H and O–H groups in total. The molecule has 1 aromatic heterocycles. The lowest BCUT2D eigenvalue weighted by atomic mass is 9.99. The number of hydrogen-bond acceptors (Lipinski definition) is 6. The third-order valence-electron chi connectivity index (χ3n) is 7.47. The van der Waals surface area contributed by atoms with E-state index in [1.54, 1.807) is 16.8 Å². The number of hydrogen-bond donors (Lipinski definition) is 0. The van der Waals surface area contributed by atoms with Crippen molar-refractivity contribution in [1.29, 1.82) is 0 Å². The van der Waals surface area contributed by atoms with Gasteiger partial charge in [-0.2, -0.15) is 4.68 Å². The number of rotatable bonds is 5. The fraction of sp³-hybridized carbons (Fsp3) is 0.267. The molecule has 2 aliphatic rings. The number of allylic oxidation sites excluding steroid dienone is 1. The van der Waals surface area contributed by atoms with Gasteiger partial charge in [-0.1, -0.05) is 64.8 Å². The number of aryl methyl sites for hydroxylation is 2. The molecule has 0 aliphatic carbocycles. The molecule has 0 unspecified atom stereocenters. The summed E-state index contributed by atoms with van der Waals surface area (Å²) in [5, 5.41) is 12.7. The minimum atomic E-state index is -0.251. The first-order chi connectivity index (χ1) is 19.0. The summed E-state index contributed by atoms with van der Waals surface area (Å²) in [6.45, 7) is 6.79. The highest BCUT2D eigenvalue weighted by Gasteiger charge is 2.33. The molecule has 0 bridgehead atoms. The van der Waals surface area contributed by atoms with Crippen LogP contribution in [0, 0.1) is 19.7 Å². The maximum Gasteiger partial charge on any atom is 0.251 e. The van der Waals surface area contributed by atoms with Gasteiger partial charge >= 0.3 is 0 Å². The van der Waals surface area contributed by atoms with Crippen molar-refractivity contribution in [3.8, 4) is 0 Å². The molecule has 9 heteroatoms. The normalized spacial score (nSPS) is 17.2. The molecule has 4 aromatic rings. The molecule has 0 saturated carbocycles. The third-order valence-corrected chi connectivity index (χ3v) is 7.47. The second kappa shape index (κ2) is 10.3. The van der Waals surface area contributed by atoms with E-state index in [0.717, 1.165) is 28.1 Å². The highest BCUT2D eigenvalue weighted by atomic mass is 19.1. The molecule has 8 nitrogen and oxygen atoms in total. The first-order valence-corrected chi connectivity index (χ1v) is 13.2. The number of carbonyl (C=O) groups is 1. The maximum atomic E-state index is 13.6. The Balaban J connectivity index is 1.27. The van der Waals surface area contributed by atoms with Gasteiger partial charge in [-0.25, -0.2) is 4.39 Å². The van der Waals surface area contributed by atoms with Crippen LogP contribution in [-0.2, 0) is 4.79 Å². The van der Waals surface area contributed by atoms with Gasteiger partial charge in [0.2, 0.25) is 5.91 Å². The lowest BCUT2D eigenvalue weighted by Gasteiger charge is -2.38. The van der Waals surface area contributed by atoms with Crippen molar-refractivity contribution < 1.29 is 9.18 Å². The Morgan fingerprint density at radius 3 is 2.18 bits per heavy atom. The van der Waals surface area contributed by atoms with Gasteiger partial charge in [-0.05, 0) is 65.7 Å². The largest absolute Gasteiger partial charge is 0.368 e. The van der Waals surface area contributed by atoms with E-state index in [1.807, 2.05) is 9.80 Å². The number of nitrogens with zero attached hydrogens (tertiary/aromatic N) is 7. The molecule has 198 valence electrons. The quantitative estimate of drug-likeness (QED) is 0.390. The Kier molecular flexibility index (Phi) is 6.56. The summed E-state index contributed by atoms with van der Waals surface area (Å²) in [4.78, 5) is 19.6. The topological polar surface area (TPSA) is 70.4 Å². The van der Waals surface area contributed by atoms with Gasteiger partial charge in [0.15, 0.2) is 0 Å². The summed E-state index contributed by atoms with van der Waals surface area (Å²) >= 11 is 0. The van der Waals surface area contributed by atoms with Gasteiger partial charge in [-0.15, -0.1) is 0 Å². The highest BCUT2D eigenvalue weighted by molar-refractivity contribution is 5.89. The summed E-state index contributed by atoms with van der Waals surface area (Å²) in [6, 6.07) is 23.0. The molecule has 3 heterocycles. The average Bonchev–Trinajstić information content (AvgIpc) is 3.45. The summed E-state index contributed by atoms with van der Waals surface area (Å²) in [5.74, 6) is 0.297. The van der Waals surface area contributed by atoms with Crippen LogP contribution in [0.2, 0.25) is 0 Å². The van der Waals surface area contributed by atoms with E-state index in [9.17, 15) is 9.18 Å². The zero-order chi connectivity index (χ0) is 26.9. The van der Waals surface area contributed by atoms with Crippen LogP contribution in [0.3, 0.4) is 0 Å². The minimum absolute atomic E-state index is 0.00936. The van der Waals surface area contributed by atoms with Crippen LogP contribution in [0.5, 0.6) is 0 Å². The zero-order valence-electron chi connectivity index (χ0n) is 22.0. The zero-order valence-corrected chi connectivity index (χ0v) is 22.0. The number of halogens is 1. The molecular formula is C30H30FN7O. The van der Waals surface area contributed by atoms with E-state index >= 15 is 0 Å². The molecule has 1 fully saturated rings. The van der Waals surface area contributed by atoms with Crippen molar-refractivity contribution >= 4 is 23.2 Å². The molecule has 0 spiro atoms. The van der Waals surface area contributed by atoms with Crippen LogP contribution >= 0.6 is 0 Å². The number of anilines is 2. The molecule has 1 amide bonds. The van der Waals surface area contributed by atoms with Gasteiger partial charge in [-0.3, -0.25) is 9.69 Å². The SMILES string of the molecule is Cc1ccc(C2=C[C@@H](c3ccc(C)cc3)n3nnnc3N2CC(=O)N2CCN(c3ccc(F)cc3)CC2)cc1. The molecule has 6 rings (SSSR count). The Morgan fingerprint density at radius 2 is 1.51 bits per heavy atom. The van der Waals surface area contributed by atoms with Crippen LogP contribution in [-0.4, -0.2) is 63.7 Å². The number of benzene rings is 3. The van der Waals surface area contributed by atoms with E-state index in [1.165, 1.54) is 17.7 Å². The second-order valence-corrected chi connectivity index (χ2v) is 10.1. The van der Waals surface area contributed by atoms with E-state index in [0.29, 0.717) is 32.1 Å². The summed E-state index contributed by atoms with van der Waals surface area (Å²) in [6.07, 6.45) is 2.14. The number of aromatic nitrogens is 4. The standard InChI is InChI=1S/C30H30FN7O/c1-21-3-7-23(8-4-21)27-19-28(24-9-5-22(2)6-10-24)38-30(32-33-34-38)37(27)20-29(39)36-17-15-35(16-18-36)26-13-11-25(31)12-14-26/h3-14,19,28H,15-18,20H2,1-2H3/t28-/m0/s1. The van der Waals surface area contributed by atoms with Gasteiger partial charge < -0.3 is 9.80 Å². The lowest BCUT2D eigenvalue weighted by molar-refractivity contribution is -0.129. The van der Waals surface area contributed by atoms with Crippen molar-refractivity contribution in [3.05, 3.63) is 107 Å².